The van der Waals surface area contributed by atoms with E-state index in [9.17, 15) is 14.9 Å². The van der Waals surface area contributed by atoms with Gasteiger partial charge in [-0.1, -0.05) is 6.08 Å². The zero-order valence-corrected chi connectivity index (χ0v) is 10.3. The topological polar surface area (TPSA) is 63.4 Å². The molecule has 1 aromatic carbocycles. The Hall–Kier alpha value is -2.17. The number of nitrogens with zero attached hydrogens (tertiary/aromatic N) is 2. The number of carbonyl (C=O) groups excluding carboxylic acids is 1. The Kier molecular flexibility index (Phi) is 5.05. The van der Waals surface area contributed by atoms with Crippen molar-refractivity contribution < 1.29 is 9.72 Å². The standard InChI is InChI=1S/C13H16N2O3/c1-3-4-5-8-14(2)13-7-6-12(15(17)18)9-11(13)10-16/h3,6-7,9-10H,1,4-5,8H2,2H3. The minimum absolute atomic E-state index is 0.0691. The number of hydrogen-bond donors (Lipinski definition) is 0. The number of unbranched alkanes of at least 4 members (excludes halogenated alkanes) is 1. The predicted octanol–water partition coefficient (Wildman–Crippen LogP) is 2.81. The van der Waals surface area contributed by atoms with E-state index >= 15 is 0 Å². The monoisotopic (exact) mass is 248 g/mol. The number of nitro benzene ring substituents is 1. The molecule has 0 bridgehead atoms. The SMILES string of the molecule is C=CCCCN(C)c1ccc([N+](=O)[O-])cc1C=O. The highest BCUT2D eigenvalue weighted by Crippen LogP contribution is 2.23. The van der Waals surface area contributed by atoms with Crippen molar-refractivity contribution in [2.75, 3.05) is 18.5 Å². The van der Waals surface area contributed by atoms with Crippen LogP contribution in [-0.4, -0.2) is 24.8 Å². The maximum absolute atomic E-state index is 11.0. The first-order chi connectivity index (χ1) is 8.60. The highest BCUT2D eigenvalue weighted by atomic mass is 16.6. The number of aldehydes is 1. The van der Waals surface area contributed by atoms with Crippen LogP contribution in [0.2, 0.25) is 0 Å². The molecule has 0 aromatic heterocycles. The first-order valence-electron chi connectivity index (χ1n) is 5.65. The summed E-state index contributed by atoms with van der Waals surface area (Å²) >= 11 is 0. The van der Waals surface area contributed by atoms with E-state index in [2.05, 4.69) is 6.58 Å². The second kappa shape index (κ2) is 6.54. The summed E-state index contributed by atoms with van der Waals surface area (Å²) in [7, 11) is 1.86. The average Bonchev–Trinajstić information content (AvgIpc) is 2.38. The van der Waals surface area contributed by atoms with Gasteiger partial charge in [-0.05, 0) is 18.9 Å². The van der Waals surface area contributed by atoms with E-state index in [4.69, 9.17) is 0 Å². The third-order valence-electron chi connectivity index (χ3n) is 2.66. The van der Waals surface area contributed by atoms with Crippen LogP contribution in [0.15, 0.2) is 30.9 Å². The molecule has 0 saturated carbocycles. The van der Waals surface area contributed by atoms with Crippen LogP contribution in [0.1, 0.15) is 23.2 Å². The molecule has 18 heavy (non-hydrogen) atoms. The molecule has 0 heterocycles. The van der Waals surface area contributed by atoms with E-state index in [1.807, 2.05) is 18.0 Å². The smallest absolute Gasteiger partial charge is 0.270 e. The number of allylic oxidation sites excluding steroid dienone is 1. The second-order valence-corrected chi connectivity index (χ2v) is 3.97. The summed E-state index contributed by atoms with van der Waals surface area (Å²) in [5.41, 5.74) is 0.977. The van der Waals surface area contributed by atoms with Crippen LogP contribution >= 0.6 is 0 Å². The van der Waals surface area contributed by atoms with E-state index in [0.717, 1.165) is 19.4 Å². The number of anilines is 1. The van der Waals surface area contributed by atoms with E-state index in [0.29, 0.717) is 17.5 Å². The average molecular weight is 248 g/mol. The van der Waals surface area contributed by atoms with Gasteiger partial charge in [-0.2, -0.15) is 0 Å². The minimum Gasteiger partial charge on any atom is -0.374 e. The zero-order chi connectivity index (χ0) is 13.5. The molecule has 0 radical (unpaired) electrons. The lowest BCUT2D eigenvalue weighted by Gasteiger charge is -2.20. The lowest BCUT2D eigenvalue weighted by molar-refractivity contribution is -0.384. The second-order valence-electron chi connectivity index (χ2n) is 3.97. The number of rotatable bonds is 7. The Morgan fingerprint density at radius 3 is 2.78 bits per heavy atom. The highest BCUT2D eigenvalue weighted by molar-refractivity contribution is 5.85. The van der Waals surface area contributed by atoms with Crippen molar-refractivity contribution in [3.05, 3.63) is 46.5 Å². The van der Waals surface area contributed by atoms with Gasteiger partial charge in [0, 0.05) is 37.0 Å². The molecule has 96 valence electrons. The molecule has 0 saturated heterocycles. The van der Waals surface area contributed by atoms with Crippen molar-refractivity contribution in [1.29, 1.82) is 0 Å². The van der Waals surface area contributed by atoms with E-state index in [1.165, 1.54) is 12.1 Å². The molecule has 0 N–H and O–H groups in total. The molecule has 1 aromatic rings. The molecular weight excluding hydrogens is 232 g/mol. The number of non-ortho nitro benzene ring substituents is 1. The molecule has 0 unspecified atom stereocenters. The number of carbonyl (C=O) groups is 1. The van der Waals surface area contributed by atoms with Crippen molar-refractivity contribution in [2.45, 2.75) is 12.8 Å². The van der Waals surface area contributed by atoms with Gasteiger partial charge in [-0.15, -0.1) is 6.58 Å². The van der Waals surface area contributed by atoms with Crippen LogP contribution in [0.5, 0.6) is 0 Å². The Balaban J connectivity index is 2.90. The van der Waals surface area contributed by atoms with Crippen molar-refractivity contribution in [3.63, 3.8) is 0 Å². The molecule has 0 aliphatic carbocycles. The highest BCUT2D eigenvalue weighted by Gasteiger charge is 2.12. The van der Waals surface area contributed by atoms with Crippen LogP contribution in [0, 0.1) is 10.1 Å². The predicted molar refractivity (Wildman–Crippen MR) is 71.2 cm³/mol. The van der Waals surface area contributed by atoms with Gasteiger partial charge in [-0.3, -0.25) is 14.9 Å². The maximum atomic E-state index is 11.0. The molecule has 0 spiro atoms. The fraction of sp³-hybridized carbons (Fsp3) is 0.308. The molecule has 0 amide bonds. The van der Waals surface area contributed by atoms with Crippen molar-refractivity contribution in [1.82, 2.24) is 0 Å². The normalized spacial score (nSPS) is 9.83. The molecule has 0 aliphatic rings. The van der Waals surface area contributed by atoms with Gasteiger partial charge < -0.3 is 4.90 Å². The van der Waals surface area contributed by atoms with Gasteiger partial charge in [-0.25, -0.2) is 0 Å². The van der Waals surface area contributed by atoms with Crippen LogP contribution < -0.4 is 4.90 Å². The first kappa shape index (κ1) is 13.9. The van der Waals surface area contributed by atoms with Gasteiger partial charge in [0.25, 0.3) is 5.69 Å². The minimum atomic E-state index is -0.505. The van der Waals surface area contributed by atoms with E-state index < -0.39 is 4.92 Å². The van der Waals surface area contributed by atoms with E-state index in [1.54, 1.807) is 6.07 Å². The Bertz CT molecular complexity index is 458. The third-order valence-corrected chi connectivity index (χ3v) is 2.66. The summed E-state index contributed by atoms with van der Waals surface area (Å²) in [4.78, 5) is 23.0. The summed E-state index contributed by atoms with van der Waals surface area (Å²) in [5.74, 6) is 0. The van der Waals surface area contributed by atoms with Crippen LogP contribution in [0.4, 0.5) is 11.4 Å². The van der Waals surface area contributed by atoms with Crippen molar-refractivity contribution in [3.8, 4) is 0 Å². The molecule has 1 rings (SSSR count). The number of nitro groups is 1. The summed E-state index contributed by atoms with van der Waals surface area (Å²) in [6.45, 7) is 4.41. The van der Waals surface area contributed by atoms with Crippen molar-refractivity contribution >= 4 is 17.7 Å². The summed E-state index contributed by atoms with van der Waals surface area (Å²) in [6, 6.07) is 4.31. The van der Waals surface area contributed by atoms with Crippen LogP contribution in [-0.2, 0) is 0 Å². The van der Waals surface area contributed by atoms with Gasteiger partial charge in [0.2, 0.25) is 0 Å². The van der Waals surface area contributed by atoms with Gasteiger partial charge in [0.15, 0.2) is 6.29 Å². The van der Waals surface area contributed by atoms with Crippen LogP contribution in [0.25, 0.3) is 0 Å². The quantitative estimate of drug-likeness (QED) is 0.245. The van der Waals surface area contributed by atoms with E-state index in [-0.39, 0.29) is 5.69 Å². The number of benzene rings is 1. The van der Waals surface area contributed by atoms with Crippen molar-refractivity contribution in [2.24, 2.45) is 0 Å². The lowest BCUT2D eigenvalue weighted by Crippen LogP contribution is -2.19. The first-order valence-corrected chi connectivity index (χ1v) is 5.65. The van der Waals surface area contributed by atoms with Crippen LogP contribution in [0.3, 0.4) is 0 Å². The Labute approximate surface area is 106 Å². The summed E-state index contributed by atoms with van der Waals surface area (Å²) in [6.07, 6.45) is 4.31. The Morgan fingerprint density at radius 1 is 1.50 bits per heavy atom. The van der Waals surface area contributed by atoms with Gasteiger partial charge in [0.1, 0.15) is 0 Å². The summed E-state index contributed by atoms with van der Waals surface area (Å²) in [5, 5.41) is 10.6. The zero-order valence-electron chi connectivity index (χ0n) is 10.3. The summed E-state index contributed by atoms with van der Waals surface area (Å²) < 4.78 is 0. The molecule has 5 nitrogen and oxygen atoms in total. The molecule has 0 fully saturated rings. The molecule has 0 aliphatic heterocycles. The Morgan fingerprint density at radius 2 is 2.22 bits per heavy atom. The molecular formula is C13H16N2O3. The third kappa shape index (κ3) is 3.41. The largest absolute Gasteiger partial charge is 0.374 e. The number of hydrogen-bond acceptors (Lipinski definition) is 4. The maximum Gasteiger partial charge on any atom is 0.270 e. The molecule has 0 atom stereocenters. The fourth-order valence-corrected chi connectivity index (χ4v) is 1.69. The van der Waals surface area contributed by atoms with Gasteiger partial charge >= 0.3 is 0 Å². The van der Waals surface area contributed by atoms with Gasteiger partial charge in [0.05, 0.1) is 4.92 Å². The fourth-order valence-electron chi connectivity index (χ4n) is 1.69. The molecule has 5 heteroatoms. The lowest BCUT2D eigenvalue weighted by atomic mass is 10.1.